The van der Waals surface area contributed by atoms with E-state index < -0.39 is 0 Å². The second-order valence-corrected chi connectivity index (χ2v) is 3.97. The van der Waals surface area contributed by atoms with Gasteiger partial charge in [-0.1, -0.05) is 0 Å². The summed E-state index contributed by atoms with van der Waals surface area (Å²) in [5, 5.41) is 12.2. The summed E-state index contributed by atoms with van der Waals surface area (Å²) in [5.74, 6) is 0.639. The second-order valence-electron chi connectivity index (χ2n) is 3.97. The van der Waals surface area contributed by atoms with Gasteiger partial charge < -0.3 is 10.1 Å². The number of pyridine rings is 1. The van der Waals surface area contributed by atoms with Gasteiger partial charge in [-0.05, 0) is 24.8 Å². The minimum atomic E-state index is 0.639. The number of nitrogens with one attached hydrogen (secondary N) is 1. The van der Waals surface area contributed by atoms with Crippen LogP contribution in [0.2, 0.25) is 0 Å². The summed E-state index contributed by atoms with van der Waals surface area (Å²) in [7, 11) is 0. The number of rotatable bonds is 3. The SMILES string of the molecule is N#Cc1ccncc1NCC1CCOCC1. The van der Waals surface area contributed by atoms with E-state index in [0.29, 0.717) is 11.5 Å². The van der Waals surface area contributed by atoms with Gasteiger partial charge >= 0.3 is 0 Å². The van der Waals surface area contributed by atoms with Crippen molar-refractivity contribution in [1.82, 2.24) is 4.98 Å². The van der Waals surface area contributed by atoms with Crippen molar-refractivity contribution in [3.63, 3.8) is 0 Å². The third kappa shape index (κ3) is 2.71. The van der Waals surface area contributed by atoms with Crippen LogP contribution in [0.4, 0.5) is 5.69 Å². The van der Waals surface area contributed by atoms with E-state index in [1.807, 2.05) is 0 Å². The van der Waals surface area contributed by atoms with Crippen molar-refractivity contribution in [1.29, 1.82) is 5.26 Å². The Kier molecular flexibility index (Phi) is 3.73. The molecule has 0 saturated carbocycles. The molecule has 0 radical (unpaired) electrons. The van der Waals surface area contributed by atoms with Gasteiger partial charge in [0.15, 0.2) is 0 Å². The number of ether oxygens (including phenoxy) is 1. The number of hydrogen-bond acceptors (Lipinski definition) is 4. The molecule has 0 spiro atoms. The molecule has 0 aromatic carbocycles. The Morgan fingerprint density at radius 3 is 3.06 bits per heavy atom. The summed E-state index contributed by atoms with van der Waals surface area (Å²) >= 11 is 0. The molecule has 1 aromatic heterocycles. The van der Waals surface area contributed by atoms with Gasteiger partial charge in [-0.15, -0.1) is 0 Å². The maximum Gasteiger partial charge on any atom is 0.101 e. The molecule has 1 fully saturated rings. The maximum atomic E-state index is 8.92. The zero-order valence-corrected chi connectivity index (χ0v) is 9.15. The highest BCUT2D eigenvalue weighted by atomic mass is 16.5. The topological polar surface area (TPSA) is 57.9 Å². The van der Waals surface area contributed by atoms with Crippen LogP contribution < -0.4 is 5.32 Å². The number of hydrogen-bond donors (Lipinski definition) is 1. The summed E-state index contributed by atoms with van der Waals surface area (Å²) in [6.45, 7) is 2.60. The van der Waals surface area contributed by atoms with Gasteiger partial charge in [0.05, 0.1) is 17.4 Å². The first-order valence-electron chi connectivity index (χ1n) is 5.56. The van der Waals surface area contributed by atoms with Crippen LogP contribution in [-0.2, 0) is 4.74 Å². The first kappa shape index (κ1) is 10.9. The van der Waals surface area contributed by atoms with Crippen LogP contribution in [0.25, 0.3) is 0 Å². The Hall–Kier alpha value is -1.60. The van der Waals surface area contributed by atoms with E-state index in [-0.39, 0.29) is 0 Å². The first-order valence-corrected chi connectivity index (χ1v) is 5.56. The highest BCUT2D eigenvalue weighted by Crippen LogP contribution is 2.17. The molecule has 1 aromatic rings. The number of nitriles is 1. The lowest BCUT2D eigenvalue weighted by atomic mass is 10.0. The van der Waals surface area contributed by atoms with Crippen LogP contribution in [-0.4, -0.2) is 24.7 Å². The summed E-state index contributed by atoms with van der Waals surface area (Å²) in [4.78, 5) is 4.02. The van der Waals surface area contributed by atoms with E-state index in [4.69, 9.17) is 10.00 Å². The quantitative estimate of drug-likeness (QED) is 0.838. The summed E-state index contributed by atoms with van der Waals surface area (Å²) in [6.07, 6.45) is 5.53. The molecule has 2 rings (SSSR count). The smallest absolute Gasteiger partial charge is 0.101 e. The molecule has 1 aliphatic heterocycles. The molecule has 0 unspecified atom stereocenters. The summed E-state index contributed by atoms with van der Waals surface area (Å²) in [6, 6.07) is 3.88. The van der Waals surface area contributed by atoms with Crippen LogP contribution >= 0.6 is 0 Å². The largest absolute Gasteiger partial charge is 0.382 e. The average Bonchev–Trinajstić information content (AvgIpc) is 2.38. The van der Waals surface area contributed by atoms with E-state index in [9.17, 15) is 0 Å². The Balaban J connectivity index is 1.91. The molecule has 0 bridgehead atoms. The predicted octanol–water partition coefficient (Wildman–Crippen LogP) is 1.79. The molecule has 4 nitrogen and oxygen atoms in total. The van der Waals surface area contributed by atoms with Gasteiger partial charge in [0, 0.05) is 26.0 Å². The standard InChI is InChI=1S/C12H15N3O/c13-7-11-1-4-14-9-12(11)15-8-10-2-5-16-6-3-10/h1,4,9-10,15H,2-3,5-6,8H2. The maximum absolute atomic E-state index is 8.92. The minimum Gasteiger partial charge on any atom is -0.382 e. The summed E-state index contributed by atoms with van der Waals surface area (Å²) in [5.41, 5.74) is 1.48. The zero-order chi connectivity index (χ0) is 11.2. The van der Waals surface area contributed by atoms with Crippen LogP contribution in [0.3, 0.4) is 0 Å². The fraction of sp³-hybridized carbons (Fsp3) is 0.500. The van der Waals surface area contributed by atoms with Crippen molar-refractivity contribution in [2.75, 3.05) is 25.1 Å². The minimum absolute atomic E-state index is 0.639. The molecule has 0 atom stereocenters. The fourth-order valence-corrected chi connectivity index (χ4v) is 1.84. The molecular weight excluding hydrogens is 202 g/mol. The molecule has 1 aliphatic rings. The molecule has 2 heterocycles. The molecule has 16 heavy (non-hydrogen) atoms. The van der Waals surface area contributed by atoms with E-state index in [0.717, 1.165) is 38.3 Å². The Bertz CT molecular complexity index is 380. The predicted molar refractivity (Wildman–Crippen MR) is 61.0 cm³/mol. The number of anilines is 1. The van der Waals surface area contributed by atoms with Crippen molar-refractivity contribution < 1.29 is 4.74 Å². The van der Waals surface area contributed by atoms with Crippen LogP contribution in [0.5, 0.6) is 0 Å². The van der Waals surface area contributed by atoms with Crippen molar-refractivity contribution in [3.05, 3.63) is 24.0 Å². The molecule has 1 N–H and O–H groups in total. The van der Waals surface area contributed by atoms with Crippen LogP contribution in [0.15, 0.2) is 18.5 Å². The van der Waals surface area contributed by atoms with Crippen LogP contribution in [0.1, 0.15) is 18.4 Å². The average molecular weight is 217 g/mol. The molecule has 0 amide bonds. The zero-order valence-electron chi connectivity index (χ0n) is 9.15. The van der Waals surface area contributed by atoms with Crippen molar-refractivity contribution in [3.8, 4) is 6.07 Å². The monoisotopic (exact) mass is 217 g/mol. The third-order valence-electron chi connectivity index (χ3n) is 2.86. The van der Waals surface area contributed by atoms with E-state index in [1.165, 1.54) is 0 Å². The Morgan fingerprint density at radius 2 is 2.31 bits per heavy atom. The van der Waals surface area contributed by atoms with E-state index in [2.05, 4.69) is 16.4 Å². The molecule has 84 valence electrons. The second kappa shape index (κ2) is 5.47. The van der Waals surface area contributed by atoms with E-state index in [1.54, 1.807) is 18.5 Å². The van der Waals surface area contributed by atoms with Gasteiger partial charge in [0.25, 0.3) is 0 Å². The van der Waals surface area contributed by atoms with Crippen molar-refractivity contribution >= 4 is 5.69 Å². The molecule has 1 saturated heterocycles. The van der Waals surface area contributed by atoms with Gasteiger partial charge in [0.2, 0.25) is 0 Å². The Morgan fingerprint density at radius 1 is 1.50 bits per heavy atom. The van der Waals surface area contributed by atoms with Gasteiger partial charge in [0.1, 0.15) is 6.07 Å². The van der Waals surface area contributed by atoms with Gasteiger partial charge in [-0.25, -0.2) is 0 Å². The third-order valence-corrected chi connectivity index (χ3v) is 2.86. The summed E-state index contributed by atoms with van der Waals surface area (Å²) < 4.78 is 5.30. The lowest BCUT2D eigenvalue weighted by molar-refractivity contribution is 0.0699. The highest BCUT2D eigenvalue weighted by molar-refractivity contribution is 5.55. The van der Waals surface area contributed by atoms with Crippen molar-refractivity contribution in [2.45, 2.75) is 12.8 Å². The Labute approximate surface area is 95.3 Å². The lowest BCUT2D eigenvalue weighted by Gasteiger charge is -2.22. The van der Waals surface area contributed by atoms with Crippen LogP contribution in [0, 0.1) is 17.2 Å². The molecular formula is C12H15N3O. The van der Waals surface area contributed by atoms with E-state index >= 15 is 0 Å². The normalized spacial score (nSPS) is 16.7. The van der Waals surface area contributed by atoms with Crippen molar-refractivity contribution in [2.24, 2.45) is 5.92 Å². The molecule has 0 aliphatic carbocycles. The lowest BCUT2D eigenvalue weighted by Crippen LogP contribution is -2.22. The molecule has 4 heteroatoms. The first-order chi connectivity index (χ1) is 7.90. The fourth-order valence-electron chi connectivity index (χ4n) is 1.84. The number of aromatic nitrogens is 1. The van der Waals surface area contributed by atoms with Gasteiger partial charge in [-0.2, -0.15) is 5.26 Å². The van der Waals surface area contributed by atoms with Gasteiger partial charge in [-0.3, -0.25) is 4.98 Å². The number of nitrogens with zero attached hydrogens (tertiary/aromatic N) is 2. The highest BCUT2D eigenvalue weighted by Gasteiger charge is 2.13.